The molecule has 0 radical (unpaired) electrons. The fourth-order valence-electron chi connectivity index (χ4n) is 1.78. The van der Waals surface area contributed by atoms with Crippen LogP contribution in [0.15, 0.2) is 59.6 Å². The first kappa shape index (κ1) is 15.1. The lowest BCUT2D eigenvalue weighted by molar-refractivity contribution is -0.137. The molecule has 0 aliphatic carbocycles. The Labute approximate surface area is 123 Å². The first-order chi connectivity index (χ1) is 10.1. The summed E-state index contributed by atoms with van der Waals surface area (Å²) < 4.78 is 30.9. The summed E-state index contributed by atoms with van der Waals surface area (Å²) in [4.78, 5) is 11.5. The van der Waals surface area contributed by atoms with E-state index in [9.17, 15) is 13.2 Å². The van der Waals surface area contributed by atoms with Gasteiger partial charge >= 0.3 is 5.97 Å². The van der Waals surface area contributed by atoms with Crippen molar-refractivity contribution in [3.8, 4) is 0 Å². The largest absolute Gasteiger partial charge is 0.463 e. The summed E-state index contributed by atoms with van der Waals surface area (Å²) in [6, 6.07) is 11.3. The number of nitrogens with zero attached hydrogens (tertiary/aromatic N) is 1. The topological polar surface area (TPSA) is 65.4 Å². The van der Waals surface area contributed by atoms with Crippen molar-refractivity contribution in [2.45, 2.75) is 11.8 Å². The molecule has 2 aromatic rings. The Bertz CT molecular complexity index is 745. The Balaban J connectivity index is 2.35. The van der Waals surface area contributed by atoms with Crippen LogP contribution in [0, 0.1) is 0 Å². The van der Waals surface area contributed by atoms with Crippen molar-refractivity contribution in [1.29, 1.82) is 0 Å². The molecule has 0 saturated carbocycles. The molecule has 110 valence electrons. The van der Waals surface area contributed by atoms with Crippen molar-refractivity contribution >= 4 is 22.1 Å². The molecular formula is C15H15NO4S. The first-order valence-corrected chi connectivity index (χ1v) is 7.82. The van der Waals surface area contributed by atoms with Gasteiger partial charge in [-0.1, -0.05) is 18.2 Å². The molecule has 0 atom stereocenters. The summed E-state index contributed by atoms with van der Waals surface area (Å²) >= 11 is 0. The minimum atomic E-state index is -3.67. The SMILES string of the molecule is CCOC(=O)/C=C/c1cccn1S(=O)(=O)c1ccccc1. The van der Waals surface area contributed by atoms with E-state index < -0.39 is 16.0 Å². The Hall–Kier alpha value is -2.34. The zero-order valence-electron chi connectivity index (χ0n) is 11.5. The van der Waals surface area contributed by atoms with E-state index in [1.807, 2.05) is 0 Å². The predicted octanol–water partition coefficient (Wildman–Crippen LogP) is 2.30. The van der Waals surface area contributed by atoms with Gasteiger partial charge in [-0.3, -0.25) is 0 Å². The van der Waals surface area contributed by atoms with Crippen LogP contribution in [-0.2, 0) is 19.6 Å². The third-order valence-electron chi connectivity index (χ3n) is 2.72. The molecule has 5 nitrogen and oxygen atoms in total. The number of esters is 1. The average molecular weight is 305 g/mol. The monoisotopic (exact) mass is 305 g/mol. The molecule has 21 heavy (non-hydrogen) atoms. The molecule has 0 fully saturated rings. The lowest BCUT2D eigenvalue weighted by Crippen LogP contribution is -2.13. The second kappa shape index (κ2) is 6.41. The van der Waals surface area contributed by atoms with E-state index in [1.54, 1.807) is 37.3 Å². The van der Waals surface area contributed by atoms with Crippen molar-refractivity contribution < 1.29 is 17.9 Å². The van der Waals surface area contributed by atoms with Crippen LogP contribution >= 0.6 is 0 Å². The maximum Gasteiger partial charge on any atom is 0.330 e. The smallest absolute Gasteiger partial charge is 0.330 e. The molecule has 0 saturated heterocycles. The van der Waals surface area contributed by atoms with Gasteiger partial charge in [0.1, 0.15) is 0 Å². The number of ether oxygens (including phenoxy) is 1. The van der Waals surface area contributed by atoms with E-state index in [4.69, 9.17) is 4.74 Å². The Morgan fingerprint density at radius 2 is 1.90 bits per heavy atom. The van der Waals surface area contributed by atoms with Crippen molar-refractivity contribution in [3.63, 3.8) is 0 Å². The molecule has 1 aromatic heterocycles. The summed E-state index contributed by atoms with van der Waals surface area (Å²) in [6.45, 7) is 1.97. The molecule has 0 aliphatic rings. The molecule has 0 aliphatic heterocycles. The van der Waals surface area contributed by atoms with Crippen LogP contribution in [0.5, 0.6) is 0 Å². The standard InChI is InChI=1S/C15H15NO4S/c1-2-20-15(17)11-10-13-7-6-12-16(13)21(18,19)14-8-4-3-5-9-14/h3-12H,2H2,1H3/b11-10+. The summed E-state index contributed by atoms with van der Waals surface area (Å²) in [5.41, 5.74) is 0.381. The second-order valence-corrected chi connectivity index (χ2v) is 5.95. The van der Waals surface area contributed by atoms with Gasteiger partial charge in [-0.25, -0.2) is 17.2 Å². The zero-order valence-corrected chi connectivity index (χ0v) is 12.3. The van der Waals surface area contributed by atoms with Gasteiger partial charge in [0, 0.05) is 12.3 Å². The maximum atomic E-state index is 12.5. The minimum Gasteiger partial charge on any atom is -0.463 e. The summed E-state index contributed by atoms with van der Waals surface area (Å²) in [5.74, 6) is -0.512. The van der Waals surface area contributed by atoms with Crippen molar-refractivity contribution in [3.05, 3.63) is 60.4 Å². The highest BCUT2D eigenvalue weighted by Gasteiger charge is 2.17. The summed E-state index contributed by atoms with van der Waals surface area (Å²) in [7, 11) is -3.67. The van der Waals surface area contributed by atoms with Gasteiger partial charge in [0.25, 0.3) is 10.0 Å². The van der Waals surface area contributed by atoms with Gasteiger partial charge in [-0.05, 0) is 37.3 Å². The zero-order chi connectivity index (χ0) is 15.3. The highest BCUT2D eigenvalue weighted by atomic mass is 32.2. The quantitative estimate of drug-likeness (QED) is 0.628. The lowest BCUT2D eigenvalue weighted by Gasteiger charge is -2.08. The molecule has 0 spiro atoms. The Morgan fingerprint density at radius 3 is 2.57 bits per heavy atom. The van der Waals surface area contributed by atoms with Crippen LogP contribution in [0.3, 0.4) is 0 Å². The van der Waals surface area contributed by atoms with Gasteiger partial charge in [0.2, 0.25) is 0 Å². The number of hydrogen-bond acceptors (Lipinski definition) is 4. The lowest BCUT2D eigenvalue weighted by atomic mass is 10.4. The third-order valence-corrected chi connectivity index (χ3v) is 4.44. The fraction of sp³-hybridized carbons (Fsp3) is 0.133. The van der Waals surface area contributed by atoms with Crippen LogP contribution in [0.4, 0.5) is 0 Å². The molecular weight excluding hydrogens is 290 g/mol. The highest BCUT2D eigenvalue weighted by Crippen LogP contribution is 2.17. The fourth-order valence-corrected chi connectivity index (χ4v) is 3.14. The van der Waals surface area contributed by atoms with Crippen LogP contribution in [-0.4, -0.2) is 25.0 Å². The normalized spacial score (nSPS) is 11.7. The number of rotatable bonds is 5. The van der Waals surface area contributed by atoms with E-state index in [0.717, 1.165) is 3.97 Å². The molecule has 0 N–H and O–H groups in total. The number of carbonyl (C=O) groups is 1. The number of carbonyl (C=O) groups excluding carboxylic acids is 1. The molecule has 6 heteroatoms. The summed E-state index contributed by atoms with van der Waals surface area (Å²) in [6.07, 6.45) is 4.06. The van der Waals surface area contributed by atoms with E-state index in [0.29, 0.717) is 5.69 Å². The minimum absolute atomic E-state index is 0.187. The average Bonchev–Trinajstić information content (AvgIpc) is 2.95. The molecule has 0 unspecified atom stereocenters. The van der Waals surface area contributed by atoms with Crippen LogP contribution in [0.1, 0.15) is 12.6 Å². The number of aromatic nitrogens is 1. The van der Waals surface area contributed by atoms with E-state index in [-0.39, 0.29) is 11.5 Å². The molecule has 0 amide bonds. The first-order valence-electron chi connectivity index (χ1n) is 6.38. The van der Waals surface area contributed by atoms with Crippen molar-refractivity contribution in [2.24, 2.45) is 0 Å². The van der Waals surface area contributed by atoms with Crippen molar-refractivity contribution in [1.82, 2.24) is 3.97 Å². The molecule has 2 rings (SSSR count). The van der Waals surface area contributed by atoms with Crippen molar-refractivity contribution in [2.75, 3.05) is 6.61 Å². The second-order valence-electron chi connectivity index (χ2n) is 4.13. The predicted molar refractivity (Wildman–Crippen MR) is 79.1 cm³/mol. The number of hydrogen-bond donors (Lipinski definition) is 0. The van der Waals surface area contributed by atoms with Gasteiger partial charge in [0.05, 0.1) is 17.2 Å². The molecule has 1 aromatic carbocycles. The molecule has 1 heterocycles. The Morgan fingerprint density at radius 1 is 1.19 bits per heavy atom. The maximum absolute atomic E-state index is 12.5. The van der Waals surface area contributed by atoms with Crippen LogP contribution in [0.2, 0.25) is 0 Å². The van der Waals surface area contributed by atoms with Gasteiger partial charge < -0.3 is 4.74 Å². The van der Waals surface area contributed by atoms with E-state index in [2.05, 4.69) is 0 Å². The number of benzene rings is 1. The van der Waals surface area contributed by atoms with Crippen LogP contribution in [0.25, 0.3) is 6.08 Å². The third kappa shape index (κ3) is 3.41. The Kier molecular flexibility index (Phi) is 4.59. The van der Waals surface area contributed by atoms with E-state index in [1.165, 1.54) is 30.5 Å². The molecule has 0 bridgehead atoms. The van der Waals surface area contributed by atoms with E-state index >= 15 is 0 Å². The van der Waals surface area contributed by atoms with Crippen LogP contribution < -0.4 is 0 Å². The highest BCUT2D eigenvalue weighted by molar-refractivity contribution is 7.90. The summed E-state index contributed by atoms with van der Waals surface area (Å²) in [5, 5.41) is 0. The van der Waals surface area contributed by atoms with Gasteiger partial charge in [-0.2, -0.15) is 0 Å². The van der Waals surface area contributed by atoms with Gasteiger partial charge in [0.15, 0.2) is 0 Å². The van der Waals surface area contributed by atoms with Gasteiger partial charge in [-0.15, -0.1) is 0 Å².